The smallest absolute Gasteiger partial charge is 0.0162 e. The van der Waals surface area contributed by atoms with Gasteiger partial charge in [-0.15, -0.1) is 0 Å². The molecule has 3 rings (SSSR count). The molecule has 1 saturated carbocycles. The van der Waals surface area contributed by atoms with E-state index in [2.05, 4.69) is 39.0 Å². The summed E-state index contributed by atoms with van der Waals surface area (Å²) in [7, 11) is 0. The van der Waals surface area contributed by atoms with Crippen molar-refractivity contribution in [2.45, 2.75) is 123 Å². The van der Waals surface area contributed by atoms with Crippen LogP contribution < -0.4 is 0 Å². The van der Waals surface area contributed by atoms with E-state index >= 15 is 0 Å². The van der Waals surface area contributed by atoms with Crippen molar-refractivity contribution >= 4 is 0 Å². The molecule has 0 bridgehead atoms. The fourth-order valence-electron chi connectivity index (χ4n) is 5.86. The maximum Gasteiger partial charge on any atom is -0.0162 e. The average molecular weight is 383 g/mol. The molecule has 2 atom stereocenters. The number of rotatable bonds is 10. The van der Waals surface area contributed by atoms with E-state index in [1.54, 1.807) is 16.7 Å². The Bertz CT molecular complexity index is 563. The van der Waals surface area contributed by atoms with Crippen LogP contribution in [0, 0.1) is 17.8 Å². The van der Waals surface area contributed by atoms with Crippen molar-refractivity contribution in [2.75, 3.05) is 0 Å². The molecule has 0 heteroatoms. The summed E-state index contributed by atoms with van der Waals surface area (Å²) in [5, 5.41) is 0. The van der Waals surface area contributed by atoms with Crippen LogP contribution in [0.5, 0.6) is 0 Å². The highest BCUT2D eigenvalue weighted by Crippen LogP contribution is 2.39. The predicted octanol–water partition coefficient (Wildman–Crippen LogP) is 8.86. The highest BCUT2D eigenvalue weighted by atomic mass is 14.3. The Morgan fingerprint density at radius 1 is 0.857 bits per heavy atom. The van der Waals surface area contributed by atoms with Crippen LogP contribution in [0.15, 0.2) is 18.2 Å². The van der Waals surface area contributed by atoms with E-state index in [-0.39, 0.29) is 0 Å². The first-order chi connectivity index (χ1) is 13.7. The number of unbranched alkanes of at least 4 members (excludes halogenated alkanes) is 4. The SMILES string of the molecule is CCCCCCCC1CCC(c2ccc3c(c2)CCC(CC(C)CC)C3)CC1. The van der Waals surface area contributed by atoms with E-state index in [1.807, 2.05) is 0 Å². The minimum atomic E-state index is 0.847. The summed E-state index contributed by atoms with van der Waals surface area (Å²) >= 11 is 0. The van der Waals surface area contributed by atoms with Crippen molar-refractivity contribution in [2.24, 2.45) is 17.8 Å². The van der Waals surface area contributed by atoms with Crippen molar-refractivity contribution in [3.8, 4) is 0 Å². The van der Waals surface area contributed by atoms with E-state index in [9.17, 15) is 0 Å². The van der Waals surface area contributed by atoms with Gasteiger partial charge in [-0.05, 0) is 91.7 Å². The minimum Gasteiger partial charge on any atom is -0.0654 e. The fraction of sp³-hybridized carbons (Fsp3) is 0.786. The lowest BCUT2D eigenvalue weighted by molar-refractivity contribution is 0.301. The second-order valence-electron chi connectivity index (χ2n) is 10.3. The first-order valence-corrected chi connectivity index (χ1v) is 12.8. The lowest BCUT2D eigenvalue weighted by atomic mass is 9.74. The highest BCUT2D eigenvalue weighted by Gasteiger charge is 2.24. The molecule has 1 fully saturated rings. The van der Waals surface area contributed by atoms with E-state index in [0.29, 0.717) is 0 Å². The van der Waals surface area contributed by atoms with Crippen LogP contribution in [0.4, 0.5) is 0 Å². The lowest BCUT2D eigenvalue weighted by Gasteiger charge is -2.31. The Morgan fingerprint density at radius 2 is 1.64 bits per heavy atom. The second kappa shape index (κ2) is 11.4. The van der Waals surface area contributed by atoms with Gasteiger partial charge in [0.05, 0.1) is 0 Å². The number of benzene rings is 1. The molecule has 28 heavy (non-hydrogen) atoms. The summed E-state index contributed by atoms with van der Waals surface area (Å²) in [4.78, 5) is 0. The summed E-state index contributed by atoms with van der Waals surface area (Å²) in [6, 6.07) is 7.62. The van der Waals surface area contributed by atoms with E-state index in [0.717, 1.165) is 23.7 Å². The Labute approximate surface area is 175 Å². The molecule has 0 heterocycles. The molecule has 0 aromatic heterocycles. The molecule has 1 aromatic carbocycles. The third kappa shape index (κ3) is 6.36. The maximum absolute atomic E-state index is 2.62. The summed E-state index contributed by atoms with van der Waals surface area (Å²) < 4.78 is 0. The van der Waals surface area contributed by atoms with E-state index in [1.165, 1.54) is 96.3 Å². The molecule has 158 valence electrons. The van der Waals surface area contributed by atoms with Gasteiger partial charge in [-0.25, -0.2) is 0 Å². The summed E-state index contributed by atoms with van der Waals surface area (Å²) in [5.41, 5.74) is 5.03. The van der Waals surface area contributed by atoms with Gasteiger partial charge in [0.15, 0.2) is 0 Å². The maximum atomic E-state index is 2.62. The van der Waals surface area contributed by atoms with Crippen LogP contribution in [0.3, 0.4) is 0 Å². The van der Waals surface area contributed by atoms with Crippen molar-refractivity contribution < 1.29 is 0 Å². The van der Waals surface area contributed by atoms with E-state index in [4.69, 9.17) is 0 Å². The Balaban J connectivity index is 1.45. The standard InChI is InChI=1S/C28H46/c1-4-6-7-8-9-10-23-11-14-25(15-12-23)27-18-17-26-20-24(19-22(3)5-2)13-16-28(26)21-27/h17-18,21-25H,4-16,19-20H2,1-3H3. The molecule has 2 aliphatic rings. The summed E-state index contributed by atoms with van der Waals surface area (Å²) in [5.74, 6) is 3.70. The van der Waals surface area contributed by atoms with Gasteiger partial charge in [-0.3, -0.25) is 0 Å². The Morgan fingerprint density at radius 3 is 2.39 bits per heavy atom. The van der Waals surface area contributed by atoms with Gasteiger partial charge in [0.1, 0.15) is 0 Å². The predicted molar refractivity (Wildman–Crippen MR) is 124 cm³/mol. The van der Waals surface area contributed by atoms with Gasteiger partial charge in [0.2, 0.25) is 0 Å². The molecule has 0 aliphatic heterocycles. The number of fused-ring (bicyclic) bond motifs is 1. The quantitative estimate of drug-likeness (QED) is 0.354. The zero-order chi connectivity index (χ0) is 19.8. The van der Waals surface area contributed by atoms with Gasteiger partial charge in [-0.1, -0.05) is 83.9 Å². The molecule has 0 radical (unpaired) electrons. The summed E-state index contributed by atoms with van der Waals surface area (Å²) in [6.07, 6.45) is 21.4. The lowest BCUT2D eigenvalue weighted by Crippen LogP contribution is -2.18. The fourth-order valence-corrected chi connectivity index (χ4v) is 5.86. The molecule has 2 unspecified atom stereocenters. The van der Waals surface area contributed by atoms with E-state index < -0.39 is 0 Å². The van der Waals surface area contributed by atoms with Gasteiger partial charge in [0.25, 0.3) is 0 Å². The van der Waals surface area contributed by atoms with Crippen LogP contribution in [-0.4, -0.2) is 0 Å². The third-order valence-electron chi connectivity index (χ3n) is 8.03. The van der Waals surface area contributed by atoms with Gasteiger partial charge in [0, 0.05) is 0 Å². The normalized spacial score (nSPS) is 26.0. The van der Waals surface area contributed by atoms with Gasteiger partial charge >= 0.3 is 0 Å². The monoisotopic (exact) mass is 382 g/mol. The minimum absolute atomic E-state index is 0.847. The molecule has 0 nitrogen and oxygen atoms in total. The zero-order valence-electron chi connectivity index (χ0n) is 19.1. The van der Waals surface area contributed by atoms with Crippen molar-refractivity contribution in [3.63, 3.8) is 0 Å². The van der Waals surface area contributed by atoms with Crippen molar-refractivity contribution in [3.05, 3.63) is 34.9 Å². The van der Waals surface area contributed by atoms with Crippen molar-refractivity contribution in [1.82, 2.24) is 0 Å². The molecule has 0 amide bonds. The van der Waals surface area contributed by atoms with Crippen LogP contribution in [0.2, 0.25) is 0 Å². The molecule has 2 aliphatic carbocycles. The molecule has 1 aromatic rings. The first-order valence-electron chi connectivity index (χ1n) is 12.8. The summed E-state index contributed by atoms with van der Waals surface area (Å²) in [6.45, 7) is 7.09. The topological polar surface area (TPSA) is 0 Å². The molecule has 0 N–H and O–H groups in total. The molecule has 0 spiro atoms. The largest absolute Gasteiger partial charge is 0.0654 e. The van der Waals surface area contributed by atoms with Crippen LogP contribution in [-0.2, 0) is 12.8 Å². The van der Waals surface area contributed by atoms with Crippen molar-refractivity contribution in [1.29, 1.82) is 0 Å². The number of hydrogen-bond donors (Lipinski definition) is 0. The molecule has 0 saturated heterocycles. The van der Waals surface area contributed by atoms with Gasteiger partial charge < -0.3 is 0 Å². The van der Waals surface area contributed by atoms with Crippen LogP contribution in [0.1, 0.15) is 127 Å². The van der Waals surface area contributed by atoms with Crippen LogP contribution >= 0.6 is 0 Å². The Kier molecular flexibility index (Phi) is 8.94. The van der Waals surface area contributed by atoms with Gasteiger partial charge in [-0.2, -0.15) is 0 Å². The molecular weight excluding hydrogens is 336 g/mol. The highest BCUT2D eigenvalue weighted by molar-refractivity contribution is 5.36. The second-order valence-corrected chi connectivity index (χ2v) is 10.3. The first kappa shape index (κ1) is 21.9. The number of hydrogen-bond acceptors (Lipinski definition) is 0. The number of aryl methyl sites for hydroxylation is 1. The zero-order valence-corrected chi connectivity index (χ0v) is 19.1. The van der Waals surface area contributed by atoms with Crippen LogP contribution in [0.25, 0.3) is 0 Å². The molecular formula is C28H46. The Hall–Kier alpha value is -0.780. The third-order valence-corrected chi connectivity index (χ3v) is 8.03. The average Bonchev–Trinajstić information content (AvgIpc) is 2.73.